The van der Waals surface area contributed by atoms with Crippen LogP contribution in [0.1, 0.15) is 29.2 Å². The standard InChI is InChI=1S/C21H23N3O/c1-14-15(2)22-13-23-21(14)24-10-9-19(20(25)12-24)18-8-7-16-5-3-4-6-17(16)11-18/h3-8,11,13,19-20,25H,9-10,12H2,1-2H3/t19-,20+/m1/s1. The van der Waals surface area contributed by atoms with Crippen molar-refractivity contribution >= 4 is 16.6 Å². The molecule has 4 rings (SSSR count). The first kappa shape index (κ1) is 16.0. The number of fused-ring (bicyclic) bond motifs is 1. The van der Waals surface area contributed by atoms with Crippen molar-refractivity contribution in [1.29, 1.82) is 0 Å². The molecule has 0 aliphatic carbocycles. The van der Waals surface area contributed by atoms with Crippen LogP contribution < -0.4 is 4.90 Å². The zero-order valence-corrected chi connectivity index (χ0v) is 14.7. The highest BCUT2D eigenvalue weighted by Crippen LogP contribution is 2.32. The molecule has 1 N–H and O–H groups in total. The van der Waals surface area contributed by atoms with E-state index in [-0.39, 0.29) is 5.92 Å². The molecule has 4 heteroatoms. The average molecular weight is 333 g/mol. The van der Waals surface area contributed by atoms with Gasteiger partial charge in [0.25, 0.3) is 0 Å². The van der Waals surface area contributed by atoms with Gasteiger partial charge in [-0.05, 0) is 36.6 Å². The van der Waals surface area contributed by atoms with Crippen molar-refractivity contribution in [2.24, 2.45) is 0 Å². The molecule has 0 radical (unpaired) electrons. The minimum absolute atomic E-state index is 0.170. The summed E-state index contributed by atoms with van der Waals surface area (Å²) in [6.07, 6.45) is 2.13. The van der Waals surface area contributed by atoms with Crippen molar-refractivity contribution in [2.75, 3.05) is 18.0 Å². The minimum atomic E-state index is -0.399. The van der Waals surface area contributed by atoms with Gasteiger partial charge in [-0.1, -0.05) is 42.5 Å². The van der Waals surface area contributed by atoms with Crippen LogP contribution in [-0.2, 0) is 0 Å². The molecule has 2 aromatic carbocycles. The van der Waals surface area contributed by atoms with E-state index in [4.69, 9.17) is 0 Å². The zero-order valence-electron chi connectivity index (χ0n) is 14.7. The molecule has 1 saturated heterocycles. The number of β-amino-alcohol motifs (C(OH)–C–C–N with tert-alkyl or cyclic N) is 1. The molecular weight excluding hydrogens is 310 g/mol. The Balaban J connectivity index is 1.57. The van der Waals surface area contributed by atoms with E-state index >= 15 is 0 Å². The van der Waals surface area contributed by atoms with Gasteiger partial charge in [0.2, 0.25) is 0 Å². The molecular formula is C21H23N3O. The Morgan fingerprint density at radius 1 is 1.04 bits per heavy atom. The van der Waals surface area contributed by atoms with Crippen molar-refractivity contribution in [2.45, 2.75) is 32.3 Å². The predicted molar refractivity (Wildman–Crippen MR) is 101 cm³/mol. The summed E-state index contributed by atoms with van der Waals surface area (Å²) < 4.78 is 0. The minimum Gasteiger partial charge on any atom is -0.391 e. The third-order valence-electron chi connectivity index (χ3n) is 5.39. The molecule has 1 aliphatic heterocycles. The van der Waals surface area contributed by atoms with Crippen molar-refractivity contribution in [3.8, 4) is 0 Å². The number of aromatic nitrogens is 2. The third kappa shape index (κ3) is 2.98. The largest absolute Gasteiger partial charge is 0.391 e. The van der Waals surface area contributed by atoms with Gasteiger partial charge < -0.3 is 10.0 Å². The Labute approximate surface area is 148 Å². The number of anilines is 1. The number of rotatable bonds is 2. The van der Waals surface area contributed by atoms with Crippen LogP contribution in [0.15, 0.2) is 48.8 Å². The summed E-state index contributed by atoms with van der Waals surface area (Å²) in [6.45, 7) is 5.55. The van der Waals surface area contributed by atoms with Crippen LogP contribution >= 0.6 is 0 Å². The Morgan fingerprint density at radius 2 is 1.84 bits per heavy atom. The first-order valence-electron chi connectivity index (χ1n) is 8.83. The van der Waals surface area contributed by atoms with E-state index < -0.39 is 6.10 Å². The van der Waals surface area contributed by atoms with Gasteiger partial charge in [-0.2, -0.15) is 0 Å². The van der Waals surface area contributed by atoms with E-state index in [2.05, 4.69) is 57.3 Å². The summed E-state index contributed by atoms with van der Waals surface area (Å²) in [4.78, 5) is 10.9. The van der Waals surface area contributed by atoms with E-state index in [1.165, 1.54) is 16.3 Å². The highest BCUT2D eigenvalue weighted by molar-refractivity contribution is 5.83. The third-order valence-corrected chi connectivity index (χ3v) is 5.39. The first-order valence-corrected chi connectivity index (χ1v) is 8.83. The topological polar surface area (TPSA) is 49.2 Å². The second kappa shape index (κ2) is 6.45. The van der Waals surface area contributed by atoms with Crippen molar-refractivity contribution in [3.63, 3.8) is 0 Å². The van der Waals surface area contributed by atoms with Crippen LogP contribution in [-0.4, -0.2) is 34.3 Å². The maximum Gasteiger partial charge on any atom is 0.135 e. The summed E-state index contributed by atoms with van der Waals surface area (Å²) in [7, 11) is 0. The summed E-state index contributed by atoms with van der Waals surface area (Å²) in [6, 6.07) is 14.9. The SMILES string of the molecule is Cc1ncnc(N2CC[C@H](c3ccc4ccccc4c3)[C@@H](O)C2)c1C. The van der Waals surface area contributed by atoms with E-state index in [9.17, 15) is 5.11 Å². The molecule has 0 spiro atoms. The van der Waals surface area contributed by atoms with E-state index in [0.29, 0.717) is 6.54 Å². The molecule has 2 heterocycles. The zero-order chi connectivity index (χ0) is 17.4. The van der Waals surface area contributed by atoms with Crippen LogP contribution in [0, 0.1) is 13.8 Å². The summed E-state index contributed by atoms with van der Waals surface area (Å²) >= 11 is 0. The van der Waals surface area contributed by atoms with Crippen molar-refractivity contribution in [3.05, 3.63) is 65.6 Å². The number of hydrogen-bond donors (Lipinski definition) is 1. The molecule has 1 aliphatic rings. The molecule has 4 nitrogen and oxygen atoms in total. The van der Waals surface area contributed by atoms with E-state index in [0.717, 1.165) is 30.0 Å². The number of nitrogens with zero attached hydrogens (tertiary/aromatic N) is 3. The molecule has 0 bridgehead atoms. The van der Waals surface area contributed by atoms with Gasteiger partial charge in [-0.25, -0.2) is 9.97 Å². The molecule has 25 heavy (non-hydrogen) atoms. The fourth-order valence-electron chi connectivity index (χ4n) is 3.80. The Kier molecular flexibility index (Phi) is 4.14. The lowest BCUT2D eigenvalue weighted by Gasteiger charge is -2.37. The lowest BCUT2D eigenvalue weighted by molar-refractivity contribution is 0.129. The summed E-state index contributed by atoms with van der Waals surface area (Å²) in [5.41, 5.74) is 3.32. The molecule has 1 fully saturated rings. The normalized spacial score (nSPS) is 20.8. The van der Waals surface area contributed by atoms with Gasteiger partial charge >= 0.3 is 0 Å². The smallest absolute Gasteiger partial charge is 0.135 e. The fraction of sp³-hybridized carbons (Fsp3) is 0.333. The number of hydrogen-bond acceptors (Lipinski definition) is 4. The predicted octanol–water partition coefficient (Wildman–Crippen LogP) is 3.60. The maximum atomic E-state index is 10.8. The first-order chi connectivity index (χ1) is 12.1. The van der Waals surface area contributed by atoms with Gasteiger partial charge in [0.1, 0.15) is 12.1 Å². The van der Waals surface area contributed by atoms with Crippen LogP contribution in [0.3, 0.4) is 0 Å². The molecule has 128 valence electrons. The number of aliphatic hydroxyl groups excluding tert-OH is 1. The molecule has 0 amide bonds. The monoisotopic (exact) mass is 333 g/mol. The van der Waals surface area contributed by atoms with Gasteiger partial charge in [0.15, 0.2) is 0 Å². The molecule has 3 aromatic rings. The van der Waals surface area contributed by atoms with E-state index in [1.54, 1.807) is 6.33 Å². The Hall–Kier alpha value is -2.46. The lowest BCUT2D eigenvalue weighted by Crippen LogP contribution is -2.43. The summed E-state index contributed by atoms with van der Waals surface area (Å²) in [5, 5.41) is 13.3. The maximum absolute atomic E-state index is 10.8. The van der Waals surface area contributed by atoms with Crippen molar-refractivity contribution in [1.82, 2.24) is 9.97 Å². The van der Waals surface area contributed by atoms with Gasteiger partial charge in [0.05, 0.1) is 6.10 Å². The Bertz CT molecular complexity index is 909. The van der Waals surface area contributed by atoms with Crippen LogP contribution in [0.2, 0.25) is 0 Å². The van der Waals surface area contributed by atoms with Crippen LogP contribution in [0.5, 0.6) is 0 Å². The van der Waals surface area contributed by atoms with Gasteiger partial charge in [-0.15, -0.1) is 0 Å². The molecule has 1 aromatic heterocycles. The molecule has 2 atom stereocenters. The second-order valence-electron chi connectivity index (χ2n) is 6.92. The average Bonchev–Trinajstić information content (AvgIpc) is 2.63. The van der Waals surface area contributed by atoms with Gasteiger partial charge in [-0.3, -0.25) is 0 Å². The highest BCUT2D eigenvalue weighted by atomic mass is 16.3. The van der Waals surface area contributed by atoms with Crippen LogP contribution in [0.4, 0.5) is 5.82 Å². The number of aryl methyl sites for hydroxylation is 1. The Morgan fingerprint density at radius 3 is 2.64 bits per heavy atom. The number of benzene rings is 2. The second-order valence-corrected chi connectivity index (χ2v) is 6.92. The lowest BCUT2D eigenvalue weighted by atomic mass is 9.86. The van der Waals surface area contributed by atoms with Crippen molar-refractivity contribution < 1.29 is 5.11 Å². The highest BCUT2D eigenvalue weighted by Gasteiger charge is 2.30. The van der Waals surface area contributed by atoms with Crippen LogP contribution in [0.25, 0.3) is 10.8 Å². The number of piperidine rings is 1. The molecule has 0 unspecified atom stereocenters. The van der Waals surface area contributed by atoms with Gasteiger partial charge in [0, 0.05) is 30.3 Å². The molecule has 0 saturated carbocycles. The quantitative estimate of drug-likeness (QED) is 0.778. The fourth-order valence-corrected chi connectivity index (χ4v) is 3.80. The number of aliphatic hydroxyl groups is 1. The van der Waals surface area contributed by atoms with E-state index in [1.807, 2.05) is 13.8 Å². The summed E-state index contributed by atoms with van der Waals surface area (Å²) in [5.74, 6) is 1.12.